The van der Waals surface area contributed by atoms with Crippen LogP contribution in [0.4, 0.5) is 4.39 Å². The molecule has 8 nitrogen and oxygen atoms in total. The van der Waals surface area contributed by atoms with Gasteiger partial charge in [0.1, 0.15) is 10.7 Å². The van der Waals surface area contributed by atoms with Crippen LogP contribution in [0.5, 0.6) is 0 Å². The summed E-state index contributed by atoms with van der Waals surface area (Å²) in [6, 6.07) is 14.6. The molecule has 0 saturated carbocycles. The molecule has 10 heteroatoms. The van der Waals surface area contributed by atoms with E-state index in [-0.39, 0.29) is 12.7 Å². The molecule has 0 unspecified atom stereocenters. The first kappa shape index (κ1) is 23.5. The van der Waals surface area contributed by atoms with Crippen molar-refractivity contribution in [3.8, 4) is 0 Å². The minimum absolute atomic E-state index is 0.155. The van der Waals surface area contributed by atoms with Crippen molar-refractivity contribution in [3.63, 3.8) is 0 Å². The second-order valence-electron chi connectivity index (χ2n) is 8.14. The zero-order valence-electron chi connectivity index (χ0n) is 18.0. The van der Waals surface area contributed by atoms with Gasteiger partial charge >= 0.3 is 0 Å². The molecule has 33 heavy (non-hydrogen) atoms. The minimum atomic E-state index is -4.07. The summed E-state index contributed by atoms with van der Waals surface area (Å²) in [6.45, 7) is 0.252. The highest BCUT2D eigenvalue weighted by Crippen LogP contribution is 2.24. The van der Waals surface area contributed by atoms with Gasteiger partial charge in [-0.2, -0.15) is 0 Å². The van der Waals surface area contributed by atoms with Crippen LogP contribution >= 0.6 is 0 Å². The van der Waals surface area contributed by atoms with Crippen LogP contribution in [0.15, 0.2) is 65.7 Å². The maximum atomic E-state index is 14.0. The highest BCUT2D eigenvalue weighted by Gasteiger charge is 2.34. The number of aliphatic hydroxyl groups is 1. The molecule has 1 aromatic heterocycles. The quantitative estimate of drug-likeness (QED) is 0.493. The van der Waals surface area contributed by atoms with Gasteiger partial charge in [-0.25, -0.2) is 17.5 Å². The first-order chi connectivity index (χ1) is 15.9. The zero-order valence-corrected chi connectivity index (χ0v) is 18.9. The predicted molar refractivity (Wildman–Crippen MR) is 119 cm³/mol. The number of benzene rings is 2. The summed E-state index contributed by atoms with van der Waals surface area (Å²) in [5.74, 6) is -0.820. The van der Waals surface area contributed by atoms with Crippen molar-refractivity contribution in [3.05, 3.63) is 77.9 Å². The summed E-state index contributed by atoms with van der Waals surface area (Å²) in [5, 5.41) is 18.2. The molecular weight excluding hydrogens is 447 g/mol. The molecular formula is C23H27FN4O4S. The summed E-state index contributed by atoms with van der Waals surface area (Å²) in [5.41, 5.74) is 2.04. The smallest absolute Gasteiger partial charge is 0.243 e. The Labute approximate surface area is 192 Å². The number of nitrogens with one attached hydrogen (secondary N) is 1. The monoisotopic (exact) mass is 474 g/mol. The fourth-order valence-corrected chi connectivity index (χ4v) is 5.39. The van der Waals surface area contributed by atoms with Crippen molar-refractivity contribution < 1.29 is 22.7 Å². The van der Waals surface area contributed by atoms with Gasteiger partial charge in [-0.1, -0.05) is 47.7 Å². The largest absolute Gasteiger partial charge is 0.394 e. The van der Waals surface area contributed by atoms with Crippen LogP contribution in [0.3, 0.4) is 0 Å². The van der Waals surface area contributed by atoms with Gasteiger partial charge in [-0.3, -0.25) is 4.68 Å². The highest BCUT2D eigenvalue weighted by molar-refractivity contribution is 7.89. The third-order valence-electron chi connectivity index (χ3n) is 5.72. The topological polar surface area (TPSA) is 106 Å². The van der Waals surface area contributed by atoms with Gasteiger partial charge in [0.15, 0.2) is 0 Å². The van der Waals surface area contributed by atoms with Crippen molar-refractivity contribution >= 4 is 10.0 Å². The number of hydrogen-bond acceptors (Lipinski definition) is 6. The third-order valence-corrected chi connectivity index (χ3v) is 7.25. The van der Waals surface area contributed by atoms with Crippen molar-refractivity contribution in [1.82, 2.24) is 19.7 Å². The average Bonchev–Trinajstić information content (AvgIpc) is 3.26. The van der Waals surface area contributed by atoms with Gasteiger partial charge in [0, 0.05) is 19.2 Å². The molecule has 3 aromatic rings. The van der Waals surface area contributed by atoms with Crippen molar-refractivity contribution in [1.29, 1.82) is 0 Å². The number of sulfonamides is 1. The number of hydrogen-bond donors (Lipinski definition) is 2. The van der Waals surface area contributed by atoms with Gasteiger partial charge in [-0.05, 0) is 37.0 Å². The summed E-state index contributed by atoms with van der Waals surface area (Å²) >= 11 is 0. The molecule has 1 saturated heterocycles. The summed E-state index contributed by atoms with van der Waals surface area (Å²) in [6.07, 6.45) is 3.47. The Balaban J connectivity index is 1.30. The van der Waals surface area contributed by atoms with Crippen LogP contribution < -0.4 is 4.72 Å². The van der Waals surface area contributed by atoms with E-state index in [9.17, 15) is 17.9 Å². The standard InChI is InChI=1S/C23H27FN4O4S/c24-20-8-4-5-9-23(20)33(30,31)26-21-11-10-19(32-22(21)16-29)12-13-28-15-18(25-27-28)14-17-6-2-1-3-7-17/h1-9,15,19,21-22,26,29H,10-14,16H2/t19-,21-,22-/m1/s1. The fourth-order valence-electron chi connectivity index (χ4n) is 4.01. The number of aromatic nitrogens is 3. The molecule has 2 N–H and O–H groups in total. The number of ether oxygens (including phenoxy) is 1. The lowest BCUT2D eigenvalue weighted by atomic mass is 9.98. The van der Waals surface area contributed by atoms with Crippen LogP contribution in [-0.2, 0) is 27.7 Å². The molecule has 2 heterocycles. The van der Waals surface area contributed by atoms with Gasteiger partial charge < -0.3 is 9.84 Å². The summed E-state index contributed by atoms with van der Waals surface area (Å²) in [7, 11) is -4.07. The molecule has 1 aliphatic heterocycles. The van der Waals surface area contributed by atoms with E-state index in [2.05, 4.69) is 15.0 Å². The molecule has 0 aliphatic carbocycles. The molecule has 1 aliphatic rings. The lowest BCUT2D eigenvalue weighted by Crippen LogP contribution is -2.51. The number of nitrogens with zero attached hydrogens (tertiary/aromatic N) is 3. The zero-order chi connectivity index (χ0) is 23.3. The van der Waals surface area contributed by atoms with Crippen molar-refractivity contribution in [2.45, 2.75) is 55.4 Å². The van der Waals surface area contributed by atoms with Gasteiger partial charge in [0.2, 0.25) is 10.0 Å². The van der Waals surface area contributed by atoms with Crippen molar-refractivity contribution in [2.24, 2.45) is 0 Å². The van der Waals surface area contributed by atoms with E-state index in [1.54, 1.807) is 4.68 Å². The Kier molecular flexibility index (Phi) is 7.49. The molecule has 0 radical (unpaired) electrons. The first-order valence-electron chi connectivity index (χ1n) is 10.9. The number of rotatable bonds is 9. The van der Waals surface area contributed by atoms with Crippen LogP contribution in [0.25, 0.3) is 0 Å². The van der Waals surface area contributed by atoms with Crippen LogP contribution in [0.1, 0.15) is 30.5 Å². The summed E-state index contributed by atoms with van der Waals surface area (Å²) < 4.78 is 49.4. The van der Waals surface area contributed by atoms with Gasteiger partial charge in [0.05, 0.1) is 30.6 Å². The van der Waals surface area contributed by atoms with E-state index in [0.717, 1.165) is 17.3 Å². The Bertz CT molecular complexity index is 1160. The molecule has 2 aromatic carbocycles. The van der Waals surface area contributed by atoms with Crippen LogP contribution in [0, 0.1) is 5.82 Å². The van der Waals surface area contributed by atoms with E-state index < -0.39 is 32.9 Å². The minimum Gasteiger partial charge on any atom is -0.394 e. The average molecular weight is 475 g/mol. The highest BCUT2D eigenvalue weighted by atomic mass is 32.2. The lowest BCUT2D eigenvalue weighted by molar-refractivity contribution is -0.0891. The van der Waals surface area contributed by atoms with E-state index in [4.69, 9.17) is 4.74 Å². The first-order valence-corrected chi connectivity index (χ1v) is 12.4. The van der Waals surface area contributed by atoms with E-state index in [1.807, 2.05) is 36.5 Å². The molecule has 3 atom stereocenters. The Morgan fingerprint density at radius 2 is 1.88 bits per heavy atom. The summed E-state index contributed by atoms with van der Waals surface area (Å²) in [4.78, 5) is -0.415. The van der Waals surface area contributed by atoms with Crippen LogP contribution in [0.2, 0.25) is 0 Å². The van der Waals surface area contributed by atoms with Crippen LogP contribution in [-0.4, -0.2) is 53.4 Å². The maximum absolute atomic E-state index is 14.0. The molecule has 176 valence electrons. The number of aliphatic hydroxyl groups excluding tert-OH is 1. The van der Waals surface area contributed by atoms with E-state index in [0.29, 0.717) is 32.2 Å². The molecule has 1 fully saturated rings. The third kappa shape index (κ3) is 6.02. The number of halogens is 1. The van der Waals surface area contributed by atoms with E-state index in [1.165, 1.54) is 18.2 Å². The molecule has 0 amide bonds. The van der Waals surface area contributed by atoms with E-state index >= 15 is 0 Å². The molecule has 4 rings (SSSR count). The maximum Gasteiger partial charge on any atom is 0.243 e. The SMILES string of the molecule is O=S(=O)(N[C@@H]1CC[C@H](CCn2cc(Cc3ccccc3)nn2)O[C@@H]1CO)c1ccccc1F. The predicted octanol–water partition coefficient (Wildman–Crippen LogP) is 2.29. The Hall–Kier alpha value is -2.66. The van der Waals surface area contributed by atoms with Crippen molar-refractivity contribution in [2.75, 3.05) is 6.61 Å². The molecule has 0 bridgehead atoms. The normalized spacial score (nSPS) is 21.2. The fraction of sp³-hybridized carbons (Fsp3) is 0.391. The Morgan fingerprint density at radius 1 is 1.12 bits per heavy atom. The molecule has 0 spiro atoms. The Morgan fingerprint density at radius 3 is 2.64 bits per heavy atom. The number of aryl methyl sites for hydroxylation is 1. The second kappa shape index (κ2) is 10.5. The van der Waals surface area contributed by atoms with Gasteiger partial charge in [-0.15, -0.1) is 5.10 Å². The lowest BCUT2D eigenvalue weighted by Gasteiger charge is -2.36. The second-order valence-corrected chi connectivity index (χ2v) is 9.82. The van der Waals surface area contributed by atoms with Gasteiger partial charge in [0.25, 0.3) is 0 Å².